The highest BCUT2D eigenvalue weighted by molar-refractivity contribution is 7.91. The quantitative estimate of drug-likeness (QED) is 0.656. The fraction of sp³-hybridized carbons (Fsp3) is 0.400. The third kappa shape index (κ3) is 4.97. The zero-order chi connectivity index (χ0) is 14.5. The van der Waals surface area contributed by atoms with Crippen molar-refractivity contribution >= 4 is 33.2 Å². The average Bonchev–Trinajstić information content (AvgIpc) is 2.82. The molecule has 1 atom stereocenters. The summed E-state index contributed by atoms with van der Waals surface area (Å²) in [5.74, 6) is -1.67. The number of hydrogen-bond acceptors (Lipinski definition) is 5. The van der Waals surface area contributed by atoms with E-state index in [1.807, 2.05) is 0 Å². The summed E-state index contributed by atoms with van der Waals surface area (Å²) >= 11 is 1.07. The molecule has 1 heterocycles. The van der Waals surface area contributed by atoms with E-state index in [1.165, 1.54) is 13.0 Å². The van der Waals surface area contributed by atoms with Crippen LogP contribution in [0.4, 0.5) is 0 Å². The Morgan fingerprint density at radius 2 is 2.16 bits per heavy atom. The maximum absolute atomic E-state index is 11.7. The molecule has 7 nitrogen and oxygen atoms in total. The van der Waals surface area contributed by atoms with Gasteiger partial charge in [0.2, 0.25) is 15.9 Å². The van der Waals surface area contributed by atoms with Gasteiger partial charge in [0, 0.05) is 13.0 Å². The lowest BCUT2D eigenvalue weighted by Gasteiger charge is -2.09. The van der Waals surface area contributed by atoms with Gasteiger partial charge in [0.05, 0.1) is 0 Å². The number of hydrogen-bond donors (Lipinski definition) is 3. The number of carboxylic acids is 1. The zero-order valence-corrected chi connectivity index (χ0v) is 11.8. The van der Waals surface area contributed by atoms with Gasteiger partial charge in [-0.1, -0.05) is 6.07 Å². The first-order valence-corrected chi connectivity index (χ1v) is 7.74. The van der Waals surface area contributed by atoms with Crippen LogP contribution < -0.4 is 10.0 Å². The summed E-state index contributed by atoms with van der Waals surface area (Å²) in [5, 5.41) is 12.5. The Morgan fingerprint density at radius 1 is 1.47 bits per heavy atom. The Hall–Kier alpha value is -1.45. The van der Waals surface area contributed by atoms with Crippen molar-refractivity contribution in [1.82, 2.24) is 10.0 Å². The van der Waals surface area contributed by atoms with Gasteiger partial charge < -0.3 is 10.4 Å². The molecular weight excluding hydrogens is 292 g/mol. The Kier molecular flexibility index (Phi) is 5.45. The van der Waals surface area contributed by atoms with Gasteiger partial charge in [-0.25, -0.2) is 13.1 Å². The highest BCUT2D eigenvalue weighted by Crippen LogP contribution is 2.14. The number of aliphatic carboxylic acids is 1. The molecule has 1 aromatic heterocycles. The van der Waals surface area contributed by atoms with Crippen LogP contribution in [0.25, 0.3) is 0 Å². The molecule has 1 amide bonds. The summed E-state index contributed by atoms with van der Waals surface area (Å²) in [6.07, 6.45) is -0.123. The van der Waals surface area contributed by atoms with E-state index in [1.54, 1.807) is 11.4 Å². The number of sulfonamides is 1. The van der Waals surface area contributed by atoms with Gasteiger partial charge in [-0.05, 0) is 18.4 Å². The van der Waals surface area contributed by atoms with Crippen LogP contribution in [0.1, 0.15) is 13.3 Å². The first kappa shape index (κ1) is 15.6. The minimum Gasteiger partial charge on any atom is -0.480 e. The van der Waals surface area contributed by atoms with Gasteiger partial charge in [0.25, 0.3) is 0 Å². The van der Waals surface area contributed by atoms with Crippen molar-refractivity contribution in [2.45, 2.75) is 23.6 Å². The molecule has 0 saturated heterocycles. The molecule has 0 unspecified atom stereocenters. The smallest absolute Gasteiger partial charge is 0.325 e. The number of carbonyl (C=O) groups excluding carboxylic acids is 1. The zero-order valence-electron chi connectivity index (χ0n) is 10.1. The maximum Gasteiger partial charge on any atom is 0.325 e. The van der Waals surface area contributed by atoms with E-state index < -0.39 is 27.9 Å². The molecule has 1 aromatic rings. The van der Waals surface area contributed by atoms with Crippen LogP contribution in [0.5, 0.6) is 0 Å². The molecule has 0 aliphatic rings. The molecule has 0 aliphatic heterocycles. The molecule has 0 fully saturated rings. The van der Waals surface area contributed by atoms with Crippen LogP contribution in [0.2, 0.25) is 0 Å². The van der Waals surface area contributed by atoms with E-state index in [4.69, 9.17) is 5.11 Å². The van der Waals surface area contributed by atoms with Crippen LogP contribution in [0.3, 0.4) is 0 Å². The van der Waals surface area contributed by atoms with Crippen LogP contribution in [0.15, 0.2) is 21.7 Å². The second-order valence-electron chi connectivity index (χ2n) is 3.71. The first-order valence-electron chi connectivity index (χ1n) is 5.38. The van der Waals surface area contributed by atoms with E-state index in [9.17, 15) is 18.0 Å². The van der Waals surface area contributed by atoms with Crippen molar-refractivity contribution in [3.8, 4) is 0 Å². The highest BCUT2D eigenvalue weighted by atomic mass is 32.2. The van der Waals surface area contributed by atoms with Gasteiger partial charge in [-0.15, -0.1) is 11.3 Å². The number of amides is 1. The number of thiophene rings is 1. The SMILES string of the molecule is C[C@H](NC(=O)CCNS(=O)(=O)c1cccs1)C(=O)O. The van der Waals surface area contributed by atoms with Crippen molar-refractivity contribution in [3.63, 3.8) is 0 Å². The van der Waals surface area contributed by atoms with Crippen LogP contribution >= 0.6 is 11.3 Å². The monoisotopic (exact) mass is 306 g/mol. The Bertz CT molecular complexity index is 538. The van der Waals surface area contributed by atoms with Crippen molar-refractivity contribution in [2.24, 2.45) is 0 Å². The molecule has 9 heteroatoms. The van der Waals surface area contributed by atoms with Crippen LogP contribution in [-0.2, 0) is 19.6 Å². The third-order valence-corrected chi connectivity index (χ3v) is 5.01. The van der Waals surface area contributed by atoms with Crippen molar-refractivity contribution < 1.29 is 23.1 Å². The lowest BCUT2D eigenvalue weighted by Crippen LogP contribution is -2.39. The van der Waals surface area contributed by atoms with Gasteiger partial charge in [-0.2, -0.15) is 0 Å². The minimum absolute atomic E-state index is 0.0849. The minimum atomic E-state index is -3.59. The molecule has 19 heavy (non-hydrogen) atoms. The molecule has 0 aromatic carbocycles. The van der Waals surface area contributed by atoms with Crippen molar-refractivity contribution in [2.75, 3.05) is 6.54 Å². The molecule has 0 aliphatic carbocycles. The number of carbonyl (C=O) groups is 2. The Labute approximate surface area is 114 Å². The standard InChI is InChI=1S/C10H14N2O5S2/c1-7(10(14)15)12-8(13)4-5-11-19(16,17)9-3-2-6-18-9/h2-3,6-7,11H,4-5H2,1H3,(H,12,13)(H,14,15)/t7-/m0/s1. The van der Waals surface area contributed by atoms with Crippen molar-refractivity contribution in [3.05, 3.63) is 17.5 Å². The second kappa shape index (κ2) is 6.64. The van der Waals surface area contributed by atoms with Gasteiger partial charge in [0.1, 0.15) is 10.3 Å². The van der Waals surface area contributed by atoms with Crippen LogP contribution in [0, 0.1) is 0 Å². The fourth-order valence-electron chi connectivity index (χ4n) is 1.16. The predicted octanol–water partition coefficient (Wildman–Crippen LogP) is 0.00580. The number of nitrogens with one attached hydrogen (secondary N) is 2. The molecule has 1 rings (SSSR count). The molecule has 0 bridgehead atoms. The van der Waals surface area contributed by atoms with E-state index in [0.717, 1.165) is 11.3 Å². The summed E-state index contributed by atoms with van der Waals surface area (Å²) < 4.78 is 25.8. The summed E-state index contributed by atoms with van der Waals surface area (Å²) in [4.78, 5) is 21.8. The predicted molar refractivity (Wildman–Crippen MR) is 69.4 cm³/mol. The maximum atomic E-state index is 11.7. The highest BCUT2D eigenvalue weighted by Gasteiger charge is 2.16. The average molecular weight is 306 g/mol. The van der Waals surface area contributed by atoms with E-state index >= 15 is 0 Å². The van der Waals surface area contributed by atoms with Gasteiger partial charge >= 0.3 is 5.97 Å². The summed E-state index contributed by atoms with van der Waals surface area (Å²) in [6, 6.07) is 2.07. The normalized spacial score (nSPS) is 12.9. The van der Waals surface area contributed by atoms with E-state index in [0.29, 0.717) is 0 Å². The van der Waals surface area contributed by atoms with Gasteiger partial charge in [-0.3, -0.25) is 9.59 Å². The lowest BCUT2D eigenvalue weighted by molar-refractivity contribution is -0.141. The topological polar surface area (TPSA) is 113 Å². The third-order valence-electron chi connectivity index (χ3n) is 2.15. The largest absolute Gasteiger partial charge is 0.480 e. The number of carboxylic acid groups (broad SMARTS) is 1. The Balaban J connectivity index is 2.39. The first-order chi connectivity index (χ1) is 8.83. The lowest BCUT2D eigenvalue weighted by atomic mass is 10.3. The van der Waals surface area contributed by atoms with Crippen molar-refractivity contribution in [1.29, 1.82) is 0 Å². The fourth-order valence-corrected chi connectivity index (χ4v) is 3.23. The molecule has 0 saturated carbocycles. The van der Waals surface area contributed by atoms with Gasteiger partial charge in [0.15, 0.2) is 0 Å². The molecule has 0 spiro atoms. The summed E-state index contributed by atoms with van der Waals surface area (Å²) in [5.41, 5.74) is 0. The summed E-state index contributed by atoms with van der Waals surface area (Å²) in [7, 11) is -3.59. The number of rotatable bonds is 7. The molecule has 106 valence electrons. The van der Waals surface area contributed by atoms with Crippen LogP contribution in [-0.4, -0.2) is 38.0 Å². The Morgan fingerprint density at radius 3 is 2.68 bits per heavy atom. The molecule has 3 N–H and O–H groups in total. The van der Waals surface area contributed by atoms with E-state index in [-0.39, 0.29) is 17.2 Å². The van der Waals surface area contributed by atoms with E-state index in [2.05, 4.69) is 10.0 Å². The molecule has 0 radical (unpaired) electrons. The molecular formula is C10H14N2O5S2. The summed E-state index contributed by atoms with van der Waals surface area (Å²) in [6.45, 7) is 1.24. The second-order valence-corrected chi connectivity index (χ2v) is 6.65.